The van der Waals surface area contributed by atoms with Crippen molar-refractivity contribution in [1.29, 1.82) is 5.26 Å². The Labute approximate surface area is 153 Å². The molecule has 1 aromatic carbocycles. The van der Waals surface area contributed by atoms with Gasteiger partial charge < -0.3 is 4.57 Å². The molecular weight excluding hydrogens is 355 g/mol. The Kier molecular flexibility index (Phi) is 5.38. The van der Waals surface area contributed by atoms with Crippen molar-refractivity contribution in [1.82, 2.24) is 4.57 Å². The molecule has 0 radical (unpaired) electrons. The molecule has 0 aliphatic carbocycles. The van der Waals surface area contributed by atoms with Crippen LogP contribution in [0.2, 0.25) is 0 Å². The number of hydrogen-bond acceptors (Lipinski definition) is 4. The summed E-state index contributed by atoms with van der Waals surface area (Å²) in [5, 5.41) is 8.88. The fraction of sp³-hybridized carbons (Fsp3) is 0.368. The van der Waals surface area contributed by atoms with Gasteiger partial charge in [-0.2, -0.15) is 5.26 Å². The average molecular weight is 376 g/mol. The molecule has 0 bridgehead atoms. The van der Waals surface area contributed by atoms with Crippen molar-refractivity contribution in [3.63, 3.8) is 0 Å². The van der Waals surface area contributed by atoms with Crippen molar-refractivity contribution in [2.75, 3.05) is 5.75 Å². The first-order valence-electron chi connectivity index (χ1n) is 8.04. The highest BCUT2D eigenvalue weighted by molar-refractivity contribution is 7.91. The number of carbonyl (C=O) groups excluding carboxylic acids is 1. The lowest BCUT2D eigenvalue weighted by Crippen LogP contribution is -2.20. The van der Waals surface area contributed by atoms with Gasteiger partial charge in [0, 0.05) is 19.7 Å². The number of Topliss-reactive ketones (excluding diaryl/α,β-unsaturated/α-hetero) is 1. The Bertz CT molecular complexity index is 993. The molecule has 0 saturated carbocycles. The fourth-order valence-corrected chi connectivity index (χ4v) is 4.60. The molecule has 1 aromatic heterocycles. The number of aromatic nitrogens is 1. The number of benzene rings is 1. The minimum atomic E-state index is -3.51. The van der Waals surface area contributed by atoms with E-state index >= 15 is 0 Å². The lowest BCUT2D eigenvalue weighted by Gasteiger charge is -2.17. The highest BCUT2D eigenvalue weighted by atomic mass is 32.2. The highest BCUT2D eigenvalue weighted by Crippen LogP contribution is 2.24. The zero-order chi connectivity index (χ0) is 19.7. The number of aryl methyl sites for hydroxylation is 1. The van der Waals surface area contributed by atoms with E-state index in [-0.39, 0.29) is 34.1 Å². The second-order valence-electron chi connectivity index (χ2n) is 7.52. The summed E-state index contributed by atoms with van der Waals surface area (Å²) in [6.45, 7) is 5.50. The van der Waals surface area contributed by atoms with E-state index in [2.05, 4.69) is 0 Å². The minimum Gasteiger partial charge on any atom is -0.347 e. The average Bonchev–Trinajstić information content (AvgIpc) is 2.90. The normalized spacial score (nSPS) is 12.0. The van der Waals surface area contributed by atoms with Crippen LogP contribution in [0.5, 0.6) is 0 Å². The second kappa shape index (κ2) is 7.04. The van der Waals surface area contributed by atoms with Crippen molar-refractivity contribution in [3.05, 3.63) is 53.1 Å². The second-order valence-corrected chi connectivity index (χ2v) is 9.51. The maximum Gasteiger partial charge on any atom is 0.183 e. The van der Waals surface area contributed by atoms with E-state index in [0.717, 1.165) is 6.07 Å². The van der Waals surface area contributed by atoms with Gasteiger partial charge >= 0.3 is 0 Å². The summed E-state index contributed by atoms with van der Waals surface area (Å²) in [7, 11) is -1.90. The standard InChI is InChI=1S/C19H21FN2O3S/c1-19(2,3)12-26(24,25)15-9-17(22(4)11-15)18(23)8-13-5-6-16(20)14(7-13)10-21/h5-7,9,11H,8,12H2,1-4H3. The van der Waals surface area contributed by atoms with E-state index in [1.807, 2.05) is 20.8 Å². The van der Waals surface area contributed by atoms with Crippen LogP contribution in [0, 0.1) is 22.6 Å². The monoisotopic (exact) mass is 376 g/mol. The molecule has 5 nitrogen and oxygen atoms in total. The van der Waals surface area contributed by atoms with Gasteiger partial charge in [0.2, 0.25) is 0 Å². The Balaban J connectivity index is 2.29. The van der Waals surface area contributed by atoms with Gasteiger partial charge in [-0.05, 0) is 29.2 Å². The van der Waals surface area contributed by atoms with Crippen molar-refractivity contribution < 1.29 is 17.6 Å². The van der Waals surface area contributed by atoms with Gasteiger partial charge in [0.25, 0.3) is 0 Å². The molecule has 0 unspecified atom stereocenters. The molecule has 138 valence electrons. The number of sulfone groups is 1. The molecule has 2 aromatic rings. The van der Waals surface area contributed by atoms with Crippen LogP contribution >= 0.6 is 0 Å². The molecule has 26 heavy (non-hydrogen) atoms. The molecule has 0 N–H and O–H groups in total. The molecule has 1 heterocycles. The van der Waals surface area contributed by atoms with Crippen LogP contribution in [-0.4, -0.2) is 24.5 Å². The van der Waals surface area contributed by atoms with Gasteiger partial charge in [0.1, 0.15) is 11.9 Å². The largest absolute Gasteiger partial charge is 0.347 e. The quantitative estimate of drug-likeness (QED) is 0.750. The van der Waals surface area contributed by atoms with Gasteiger partial charge in [0.15, 0.2) is 15.6 Å². The lowest BCUT2D eigenvalue weighted by atomic mass is 10.0. The Morgan fingerprint density at radius 3 is 2.50 bits per heavy atom. The summed E-state index contributed by atoms with van der Waals surface area (Å²) in [5.74, 6) is -0.973. The summed E-state index contributed by atoms with van der Waals surface area (Å²) >= 11 is 0. The van der Waals surface area contributed by atoms with E-state index in [9.17, 15) is 17.6 Å². The Morgan fingerprint density at radius 2 is 1.92 bits per heavy atom. The van der Waals surface area contributed by atoms with Crippen LogP contribution in [-0.2, 0) is 23.3 Å². The van der Waals surface area contributed by atoms with Gasteiger partial charge in [-0.3, -0.25) is 4.79 Å². The molecule has 7 heteroatoms. The maximum atomic E-state index is 13.4. The summed E-state index contributed by atoms with van der Waals surface area (Å²) < 4.78 is 39.9. The Hall–Kier alpha value is -2.46. The number of nitrogens with zero attached hydrogens (tertiary/aromatic N) is 2. The molecule has 0 aliphatic heterocycles. The molecule has 2 rings (SSSR count). The Morgan fingerprint density at radius 1 is 1.27 bits per heavy atom. The van der Waals surface area contributed by atoms with Crippen LogP contribution in [0.15, 0.2) is 35.4 Å². The summed E-state index contributed by atoms with van der Waals surface area (Å²) in [6.07, 6.45) is 1.38. The molecule has 0 saturated heterocycles. The number of carbonyl (C=O) groups is 1. The molecule has 0 atom stereocenters. The van der Waals surface area contributed by atoms with Gasteiger partial charge in [0.05, 0.1) is 21.9 Å². The topological polar surface area (TPSA) is 79.9 Å². The number of nitriles is 1. The number of hydrogen-bond donors (Lipinski definition) is 0. The zero-order valence-corrected chi connectivity index (χ0v) is 16.0. The van der Waals surface area contributed by atoms with Gasteiger partial charge in [-0.25, -0.2) is 12.8 Å². The maximum absolute atomic E-state index is 13.4. The van der Waals surface area contributed by atoms with Crippen LogP contribution in [0.25, 0.3) is 0 Å². The van der Waals surface area contributed by atoms with Gasteiger partial charge in [-0.1, -0.05) is 26.8 Å². The minimum absolute atomic E-state index is 0.0267. The smallest absolute Gasteiger partial charge is 0.183 e. The number of halogens is 1. The number of ketones is 1. The van der Waals surface area contributed by atoms with Gasteiger partial charge in [-0.15, -0.1) is 0 Å². The summed E-state index contributed by atoms with van der Waals surface area (Å²) in [6, 6.07) is 7.02. The molecular formula is C19H21FN2O3S. The van der Waals surface area contributed by atoms with Crippen molar-refractivity contribution in [2.24, 2.45) is 12.5 Å². The number of rotatable bonds is 5. The molecule has 0 aliphatic rings. The predicted molar refractivity (Wildman–Crippen MR) is 96.1 cm³/mol. The third kappa shape index (κ3) is 4.58. The molecule has 0 spiro atoms. The lowest BCUT2D eigenvalue weighted by molar-refractivity contribution is 0.0985. The van der Waals surface area contributed by atoms with Crippen molar-refractivity contribution in [3.8, 4) is 6.07 Å². The SMILES string of the molecule is Cn1cc(S(=O)(=O)CC(C)(C)C)cc1C(=O)Cc1ccc(F)c(C#N)c1. The van der Waals surface area contributed by atoms with Crippen LogP contribution in [0.4, 0.5) is 4.39 Å². The fourth-order valence-electron chi connectivity index (χ4n) is 2.68. The molecule has 0 fully saturated rings. The first kappa shape index (κ1) is 19.9. The summed E-state index contributed by atoms with van der Waals surface area (Å²) in [5.41, 5.74) is 0.213. The third-order valence-corrected chi connectivity index (χ3v) is 5.95. The van der Waals surface area contributed by atoms with E-state index in [1.54, 1.807) is 13.1 Å². The summed E-state index contributed by atoms with van der Waals surface area (Å²) in [4.78, 5) is 12.7. The third-order valence-electron chi connectivity index (χ3n) is 3.76. The van der Waals surface area contributed by atoms with E-state index < -0.39 is 21.1 Å². The predicted octanol–water partition coefficient (Wildman–Crippen LogP) is 3.28. The van der Waals surface area contributed by atoms with Crippen molar-refractivity contribution >= 4 is 15.6 Å². The van der Waals surface area contributed by atoms with E-state index in [0.29, 0.717) is 5.56 Å². The van der Waals surface area contributed by atoms with E-state index in [4.69, 9.17) is 5.26 Å². The first-order chi connectivity index (χ1) is 11.9. The van der Waals surface area contributed by atoms with E-state index in [1.165, 1.54) is 29.0 Å². The molecule has 0 amide bonds. The first-order valence-corrected chi connectivity index (χ1v) is 9.69. The highest BCUT2D eigenvalue weighted by Gasteiger charge is 2.26. The zero-order valence-electron chi connectivity index (χ0n) is 15.2. The van der Waals surface area contributed by atoms with Crippen LogP contribution in [0.3, 0.4) is 0 Å². The van der Waals surface area contributed by atoms with Crippen LogP contribution < -0.4 is 0 Å². The van der Waals surface area contributed by atoms with Crippen LogP contribution in [0.1, 0.15) is 42.4 Å². The van der Waals surface area contributed by atoms with Crippen molar-refractivity contribution in [2.45, 2.75) is 32.1 Å².